The molecule has 1 atom stereocenters. The van der Waals surface area contributed by atoms with Crippen LogP contribution in [0.5, 0.6) is 6.01 Å². The van der Waals surface area contributed by atoms with Gasteiger partial charge in [-0.25, -0.2) is 27.2 Å². The normalized spacial score (nSPS) is 19.0. The SMILES string of the molecule is O=S(=O)(c1ccc(F)c(F)c1)N1CC[C@@H](Oc2ncccn2)C1. The Morgan fingerprint density at radius 1 is 1.17 bits per heavy atom. The lowest BCUT2D eigenvalue weighted by Crippen LogP contribution is -2.31. The van der Waals surface area contributed by atoms with Crippen LogP contribution in [0.1, 0.15) is 6.42 Å². The molecule has 0 radical (unpaired) electrons. The van der Waals surface area contributed by atoms with Gasteiger partial charge in [0.1, 0.15) is 6.10 Å². The molecule has 0 aliphatic carbocycles. The Bertz CT molecular complexity index is 802. The molecule has 3 rings (SSSR count). The minimum Gasteiger partial charge on any atom is -0.459 e. The summed E-state index contributed by atoms with van der Waals surface area (Å²) in [5, 5.41) is 0. The van der Waals surface area contributed by atoms with E-state index in [1.165, 1.54) is 16.7 Å². The van der Waals surface area contributed by atoms with Gasteiger partial charge in [-0.05, 0) is 30.7 Å². The summed E-state index contributed by atoms with van der Waals surface area (Å²) in [5.74, 6) is -2.29. The van der Waals surface area contributed by atoms with Crippen LogP contribution in [0.4, 0.5) is 8.78 Å². The third-order valence-electron chi connectivity index (χ3n) is 3.45. The number of ether oxygens (including phenoxy) is 1. The Morgan fingerprint density at radius 3 is 2.61 bits per heavy atom. The summed E-state index contributed by atoms with van der Waals surface area (Å²) in [7, 11) is -3.90. The highest BCUT2D eigenvalue weighted by Gasteiger charge is 2.34. The van der Waals surface area contributed by atoms with Crippen LogP contribution >= 0.6 is 0 Å². The minimum atomic E-state index is -3.90. The van der Waals surface area contributed by atoms with E-state index in [0.717, 1.165) is 12.1 Å². The summed E-state index contributed by atoms with van der Waals surface area (Å²) in [5.41, 5.74) is 0. The smallest absolute Gasteiger partial charge is 0.316 e. The Labute approximate surface area is 131 Å². The highest BCUT2D eigenvalue weighted by molar-refractivity contribution is 7.89. The molecule has 0 N–H and O–H groups in total. The van der Waals surface area contributed by atoms with Gasteiger partial charge in [-0.1, -0.05) is 0 Å². The summed E-state index contributed by atoms with van der Waals surface area (Å²) < 4.78 is 57.8. The van der Waals surface area contributed by atoms with Crippen LogP contribution in [0.2, 0.25) is 0 Å². The van der Waals surface area contributed by atoms with Crippen LogP contribution in [-0.4, -0.2) is 41.9 Å². The number of hydrogen-bond donors (Lipinski definition) is 0. The van der Waals surface area contributed by atoms with Gasteiger partial charge in [0, 0.05) is 18.9 Å². The molecule has 0 bridgehead atoms. The van der Waals surface area contributed by atoms with Crippen molar-refractivity contribution in [2.24, 2.45) is 0 Å². The van der Waals surface area contributed by atoms with Gasteiger partial charge in [0.2, 0.25) is 10.0 Å². The van der Waals surface area contributed by atoms with Crippen LogP contribution < -0.4 is 4.74 Å². The van der Waals surface area contributed by atoms with Gasteiger partial charge in [0.15, 0.2) is 11.6 Å². The van der Waals surface area contributed by atoms with Crippen molar-refractivity contribution in [2.45, 2.75) is 17.4 Å². The van der Waals surface area contributed by atoms with Gasteiger partial charge in [-0.2, -0.15) is 4.31 Å². The Balaban J connectivity index is 1.73. The fourth-order valence-electron chi connectivity index (χ4n) is 2.29. The lowest BCUT2D eigenvalue weighted by molar-refractivity contribution is 0.197. The predicted octanol–water partition coefficient (Wildman–Crippen LogP) is 1.60. The molecular weight excluding hydrogens is 328 g/mol. The zero-order valence-corrected chi connectivity index (χ0v) is 12.7. The standard InChI is InChI=1S/C14H13F2N3O3S/c15-12-3-2-11(8-13(12)16)23(20,21)19-7-4-10(9-19)22-14-17-5-1-6-18-14/h1-3,5-6,8,10H,4,7,9H2/t10-/m1/s1. The molecule has 6 nitrogen and oxygen atoms in total. The second kappa shape index (κ2) is 6.17. The van der Waals surface area contributed by atoms with E-state index in [1.54, 1.807) is 6.07 Å². The second-order valence-electron chi connectivity index (χ2n) is 5.00. The van der Waals surface area contributed by atoms with Crippen molar-refractivity contribution in [1.82, 2.24) is 14.3 Å². The zero-order valence-electron chi connectivity index (χ0n) is 11.9. The highest BCUT2D eigenvalue weighted by atomic mass is 32.2. The molecule has 1 saturated heterocycles. The molecule has 1 aromatic heterocycles. The summed E-state index contributed by atoms with van der Waals surface area (Å²) >= 11 is 0. The van der Waals surface area contributed by atoms with Crippen molar-refractivity contribution in [3.63, 3.8) is 0 Å². The van der Waals surface area contributed by atoms with Crippen LogP contribution in [0.3, 0.4) is 0 Å². The molecule has 2 heterocycles. The first kappa shape index (κ1) is 15.8. The molecule has 0 unspecified atom stereocenters. The molecule has 1 fully saturated rings. The van der Waals surface area contributed by atoms with Crippen molar-refractivity contribution >= 4 is 10.0 Å². The van der Waals surface area contributed by atoms with Crippen molar-refractivity contribution in [2.75, 3.05) is 13.1 Å². The molecule has 1 aromatic carbocycles. The maximum atomic E-state index is 13.3. The van der Waals surface area contributed by atoms with Crippen molar-refractivity contribution in [1.29, 1.82) is 0 Å². The van der Waals surface area contributed by atoms with Crippen molar-refractivity contribution in [3.05, 3.63) is 48.3 Å². The maximum Gasteiger partial charge on any atom is 0.316 e. The van der Waals surface area contributed by atoms with E-state index >= 15 is 0 Å². The fourth-order valence-corrected chi connectivity index (χ4v) is 3.79. The van der Waals surface area contributed by atoms with Gasteiger partial charge in [-0.3, -0.25) is 0 Å². The van der Waals surface area contributed by atoms with Gasteiger partial charge in [0.05, 0.1) is 11.4 Å². The van der Waals surface area contributed by atoms with E-state index in [9.17, 15) is 17.2 Å². The Kier molecular flexibility index (Phi) is 4.22. The first-order valence-electron chi connectivity index (χ1n) is 6.86. The van der Waals surface area contributed by atoms with Crippen LogP contribution in [0.15, 0.2) is 41.6 Å². The molecule has 9 heteroatoms. The molecule has 1 aliphatic rings. The molecular formula is C14H13F2N3O3S. The molecule has 0 amide bonds. The molecule has 1 aliphatic heterocycles. The molecule has 0 spiro atoms. The third kappa shape index (κ3) is 3.30. The predicted molar refractivity (Wildman–Crippen MR) is 76.2 cm³/mol. The molecule has 122 valence electrons. The number of benzene rings is 1. The summed E-state index contributed by atoms with van der Waals surface area (Å²) in [4.78, 5) is 7.55. The van der Waals surface area contributed by atoms with Crippen LogP contribution in [0, 0.1) is 11.6 Å². The first-order valence-corrected chi connectivity index (χ1v) is 8.30. The van der Waals surface area contributed by atoms with E-state index < -0.39 is 27.8 Å². The van der Waals surface area contributed by atoms with Gasteiger partial charge in [0.25, 0.3) is 0 Å². The Morgan fingerprint density at radius 2 is 1.91 bits per heavy atom. The van der Waals surface area contributed by atoms with Gasteiger partial charge >= 0.3 is 6.01 Å². The summed E-state index contributed by atoms with van der Waals surface area (Å²) in [6.07, 6.45) is 3.11. The van der Waals surface area contributed by atoms with Gasteiger partial charge < -0.3 is 4.74 Å². The molecule has 0 saturated carbocycles. The minimum absolute atomic E-state index is 0.0968. The van der Waals surface area contributed by atoms with Crippen LogP contribution in [0.25, 0.3) is 0 Å². The molecule has 2 aromatic rings. The average Bonchev–Trinajstić information content (AvgIpc) is 3.00. The van der Waals surface area contributed by atoms with Crippen LogP contribution in [-0.2, 0) is 10.0 Å². The third-order valence-corrected chi connectivity index (χ3v) is 5.31. The summed E-state index contributed by atoms with van der Waals surface area (Å²) in [6, 6.07) is 4.33. The Hall–Kier alpha value is -2.13. The van der Waals surface area contributed by atoms with E-state index in [1.807, 2.05) is 0 Å². The van der Waals surface area contributed by atoms with E-state index in [2.05, 4.69) is 9.97 Å². The quantitative estimate of drug-likeness (QED) is 0.845. The number of rotatable bonds is 4. The first-order chi connectivity index (χ1) is 11.0. The number of nitrogens with zero attached hydrogens (tertiary/aromatic N) is 3. The molecule has 23 heavy (non-hydrogen) atoms. The highest BCUT2D eigenvalue weighted by Crippen LogP contribution is 2.24. The maximum absolute atomic E-state index is 13.3. The van der Waals surface area contributed by atoms with Gasteiger partial charge in [-0.15, -0.1) is 0 Å². The lowest BCUT2D eigenvalue weighted by Gasteiger charge is -2.16. The monoisotopic (exact) mass is 341 g/mol. The van der Waals surface area contributed by atoms with E-state index in [-0.39, 0.29) is 24.0 Å². The average molecular weight is 341 g/mol. The zero-order chi connectivity index (χ0) is 16.4. The number of sulfonamides is 1. The number of hydrogen-bond acceptors (Lipinski definition) is 5. The van der Waals surface area contributed by atoms with Crippen molar-refractivity contribution < 1.29 is 21.9 Å². The topological polar surface area (TPSA) is 72.4 Å². The lowest BCUT2D eigenvalue weighted by atomic mass is 10.3. The number of halogens is 2. The largest absolute Gasteiger partial charge is 0.459 e. The number of aromatic nitrogens is 2. The van der Waals surface area contributed by atoms with E-state index in [0.29, 0.717) is 12.5 Å². The summed E-state index contributed by atoms with van der Waals surface area (Å²) in [6.45, 7) is 0.318. The van der Waals surface area contributed by atoms with E-state index in [4.69, 9.17) is 4.74 Å². The fraction of sp³-hybridized carbons (Fsp3) is 0.286. The van der Waals surface area contributed by atoms with Crippen molar-refractivity contribution in [3.8, 4) is 6.01 Å². The second-order valence-corrected chi connectivity index (χ2v) is 6.94.